The number of fused-ring (bicyclic) bond motifs is 3. The average molecular weight is 461 g/mol. The van der Waals surface area contributed by atoms with Gasteiger partial charge in [0.2, 0.25) is 0 Å². The van der Waals surface area contributed by atoms with E-state index in [1.807, 2.05) is 18.2 Å². The highest BCUT2D eigenvalue weighted by Gasteiger charge is 2.45. The SMILES string of the molecule is c1ccc(-c2cc(-c3ccc(C4(c5ccccc5)c5ccccc5-c5ccccc54)cc3)[nH]n2)cc1. The summed E-state index contributed by atoms with van der Waals surface area (Å²) in [5.41, 5.74) is 11.7. The fraction of sp³-hybridized carbons (Fsp3) is 0.0294. The molecule has 0 saturated carbocycles. The molecule has 2 heteroatoms. The number of benzene rings is 5. The lowest BCUT2D eigenvalue weighted by molar-refractivity contribution is 0.768. The van der Waals surface area contributed by atoms with Crippen LogP contribution >= 0.6 is 0 Å². The van der Waals surface area contributed by atoms with Crippen molar-refractivity contribution in [3.05, 3.63) is 162 Å². The molecule has 0 aliphatic heterocycles. The molecule has 5 aromatic carbocycles. The molecule has 0 saturated heterocycles. The summed E-state index contributed by atoms with van der Waals surface area (Å²) in [6.07, 6.45) is 0. The number of aromatic amines is 1. The van der Waals surface area contributed by atoms with Gasteiger partial charge in [-0.1, -0.05) is 133 Å². The molecule has 7 rings (SSSR count). The van der Waals surface area contributed by atoms with E-state index < -0.39 is 0 Å². The summed E-state index contributed by atoms with van der Waals surface area (Å²) in [5.74, 6) is 0. The van der Waals surface area contributed by atoms with Gasteiger partial charge in [-0.25, -0.2) is 0 Å². The van der Waals surface area contributed by atoms with E-state index in [1.165, 1.54) is 33.4 Å². The maximum atomic E-state index is 4.56. The Morgan fingerprint density at radius 2 is 1.00 bits per heavy atom. The average Bonchev–Trinajstić information content (AvgIpc) is 3.57. The number of hydrogen-bond donors (Lipinski definition) is 1. The Kier molecular flexibility index (Phi) is 4.71. The van der Waals surface area contributed by atoms with Crippen LogP contribution in [0.1, 0.15) is 22.3 Å². The highest BCUT2D eigenvalue weighted by molar-refractivity contribution is 5.86. The number of H-pyrrole nitrogens is 1. The molecule has 0 fully saturated rings. The second kappa shape index (κ2) is 8.21. The zero-order valence-corrected chi connectivity index (χ0v) is 19.7. The molecular formula is C34H24N2. The monoisotopic (exact) mass is 460 g/mol. The van der Waals surface area contributed by atoms with E-state index in [9.17, 15) is 0 Å². The Hall–Kier alpha value is -4.69. The van der Waals surface area contributed by atoms with Crippen molar-refractivity contribution < 1.29 is 0 Å². The van der Waals surface area contributed by atoms with Crippen molar-refractivity contribution in [3.8, 4) is 33.6 Å². The van der Waals surface area contributed by atoms with E-state index in [4.69, 9.17) is 0 Å². The third-order valence-electron chi connectivity index (χ3n) is 7.44. The van der Waals surface area contributed by atoms with E-state index in [0.717, 1.165) is 22.5 Å². The molecule has 170 valence electrons. The lowest BCUT2D eigenvalue weighted by Crippen LogP contribution is -2.28. The van der Waals surface area contributed by atoms with Crippen LogP contribution in [0.25, 0.3) is 33.6 Å². The minimum absolute atomic E-state index is 0.365. The number of nitrogens with one attached hydrogen (secondary N) is 1. The standard InChI is InChI=1S/C34H24N2/c1-3-11-24(12-4-1)32-23-33(36-35-32)25-19-21-27(22-20-25)34(26-13-5-2-6-14-26)30-17-9-7-15-28(30)29-16-8-10-18-31(29)34/h1-23H,(H,35,36). The Morgan fingerprint density at radius 3 is 1.64 bits per heavy atom. The third kappa shape index (κ3) is 3.01. The fourth-order valence-corrected chi connectivity index (χ4v) is 5.84. The van der Waals surface area contributed by atoms with Gasteiger partial charge >= 0.3 is 0 Å². The molecule has 0 radical (unpaired) electrons. The fourth-order valence-electron chi connectivity index (χ4n) is 5.84. The van der Waals surface area contributed by atoms with Crippen LogP contribution in [-0.2, 0) is 5.41 Å². The summed E-state index contributed by atoms with van der Waals surface area (Å²) in [6.45, 7) is 0. The van der Waals surface area contributed by atoms with Crippen molar-refractivity contribution in [1.29, 1.82) is 0 Å². The van der Waals surface area contributed by atoms with Gasteiger partial charge in [0, 0.05) is 5.56 Å². The molecular weight excluding hydrogens is 436 g/mol. The van der Waals surface area contributed by atoms with Crippen molar-refractivity contribution in [2.45, 2.75) is 5.41 Å². The van der Waals surface area contributed by atoms with Gasteiger partial charge < -0.3 is 0 Å². The lowest BCUT2D eigenvalue weighted by atomic mass is 9.67. The van der Waals surface area contributed by atoms with E-state index >= 15 is 0 Å². The maximum absolute atomic E-state index is 4.56. The normalized spacial score (nSPS) is 13.2. The number of hydrogen-bond acceptors (Lipinski definition) is 1. The smallest absolute Gasteiger partial charge is 0.0927 e. The van der Waals surface area contributed by atoms with Crippen molar-refractivity contribution >= 4 is 0 Å². The van der Waals surface area contributed by atoms with Crippen LogP contribution in [0.3, 0.4) is 0 Å². The van der Waals surface area contributed by atoms with Crippen LogP contribution < -0.4 is 0 Å². The van der Waals surface area contributed by atoms with Gasteiger partial charge in [0.15, 0.2) is 0 Å². The van der Waals surface area contributed by atoms with Crippen molar-refractivity contribution in [3.63, 3.8) is 0 Å². The summed E-state index contributed by atoms with van der Waals surface area (Å²) in [7, 11) is 0. The Labute approximate surface area is 210 Å². The minimum atomic E-state index is -0.365. The summed E-state index contributed by atoms with van der Waals surface area (Å²) >= 11 is 0. The molecule has 0 atom stereocenters. The molecule has 1 aliphatic carbocycles. The highest BCUT2D eigenvalue weighted by atomic mass is 15.1. The van der Waals surface area contributed by atoms with Gasteiger partial charge in [0.25, 0.3) is 0 Å². The third-order valence-corrected chi connectivity index (χ3v) is 7.44. The topological polar surface area (TPSA) is 28.7 Å². The molecule has 1 aliphatic rings. The van der Waals surface area contributed by atoms with Crippen molar-refractivity contribution in [2.24, 2.45) is 0 Å². The Bertz CT molecular complexity index is 1620. The first-order chi connectivity index (χ1) is 17.9. The van der Waals surface area contributed by atoms with Crippen LogP contribution in [0, 0.1) is 0 Å². The second-order valence-corrected chi connectivity index (χ2v) is 9.32. The molecule has 0 spiro atoms. The predicted octanol–water partition coefficient (Wildman–Crippen LogP) is 8.11. The van der Waals surface area contributed by atoms with Gasteiger partial charge in [-0.3, -0.25) is 5.10 Å². The van der Waals surface area contributed by atoms with E-state index in [1.54, 1.807) is 0 Å². The Morgan fingerprint density at radius 1 is 0.472 bits per heavy atom. The molecule has 1 N–H and O–H groups in total. The van der Waals surface area contributed by atoms with Crippen molar-refractivity contribution in [2.75, 3.05) is 0 Å². The van der Waals surface area contributed by atoms with Crippen LogP contribution in [0.4, 0.5) is 0 Å². The van der Waals surface area contributed by atoms with Gasteiger partial charge in [-0.2, -0.15) is 5.10 Å². The highest BCUT2D eigenvalue weighted by Crippen LogP contribution is 2.55. The summed E-state index contributed by atoms with van der Waals surface area (Å²) in [4.78, 5) is 0. The number of nitrogens with zero attached hydrogens (tertiary/aromatic N) is 1. The Balaban J connectivity index is 1.40. The summed E-state index contributed by atoms with van der Waals surface area (Å²) in [6, 6.07) is 50.0. The molecule has 36 heavy (non-hydrogen) atoms. The lowest BCUT2D eigenvalue weighted by Gasteiger charge is -2.34. The van der Waals surface area contributed by atoms with Gasteiger partial charge in [0.1, 0.15) is 0 Å². The maximum Gasteiger partial charge on any atom is 0.0927 e. The molecule has 1 aromatic heterocycles. The summed E-state index contributed by atoms with van der Waals surface area (Å²) < 4.78 is 0. The second-order valence-electron chi connectivity index (χ2n) is 9.32. The van der Waals surface area contributed by atoms with Crippen LogP contribution in [-0.4, -0.2) is 10.2 Å². The quantitative estimate of drug-likeness (QED) is 0.282. The van der Waals surface area contributed by atoms with Crippen LogP contribution in [0.5, 0.6) is 0 Å². The van der Waals surface area contributed by atoms with E-state index in [-0.39, 0.29) is 5.41 Å². The molecule has 0 unspecified atom stereocenters. The van der Waals surface area contributed by atoms with Gasteiger partial charge in [-0.05, 0) is 45.0 Å². The van der Waals surface area contributed by atoms with Gasteiger partial charge in [0.05, 0.1) is 16.8 Å². The predicted molar refractivity (Wildman–Crippen MR) is 147 cm³/mol. The summed E-state index contributed by atoms with van der Waals surface area (Å²) in [5, 5.41) is 7.79. The molecule has 1 heterocycles. The van der Waals surface area contributed by atoms with Crippen LogP contribution in [0.2, 0.25) is 0 Å². The first-order valence-electron chi connectivity index (χ1n) is 12.3. The molecule has 6 aromatic rings. The molecule has 0 amide bonds. The zero-order valence-electron chi connectivity index (χ0n) is 19.7. The zero-order chi connectivity index (χ0) is 24.0. The first-order valence-corrected chi connectivity index (χ1v) is 12.3. The van der Waals surface area contributed by atoms with Crippen molar-refractivity contribution in [1.82, 2.24) is 10.2 Å². The largest absolute Gasteiger partial charge is 0.277 e. The molecule has 0 bridgehead atoms. The minimum Gasteiger partial charge on any atom is -0.277 e. The molecule has 2 nitrogen and oxygen atoms in total. The van der Waals surface area contributed by atoms with Crippen LogP contribution in [0.15, 0.2) is 140 Å². The van der Waals surface area contributed by atoms with Gasteiger partial charge in [-0.15, -0.1) is 0 Å². The van der Waals surface area contributed by atoms with E-state index in [0.29, 0.717) is 0 Å². The first kappa shape index (κ1) is 20.7. The van der Waals surface area contributed by atoms with E-state index in [2.05, 4.69) is 132 Å². The number of aromatic nitrogens is 2. The number of rotatable bonds is 4.